The summed E-state index contributed by atoms with van der Waals surface area (Å²) in [5.41, 5.74) is -0.0639. The van der Waals surface area contributed by atoms with E-state index in [2.05, 4.69) is 10.3 Å². The molecule has 1 aromatic carbocycles. The molecule has 0 aliphatic carbocycles. The molecule has 0 bridgehead atoms. The minimum absolute atomic E-state index is 0.0900. The molecule has 0 aliphatic heterocycles. The maximum Gasteiger partial charge on any atom is 0.271 e. The van der Waals surface area contributed by atoms with Crippen molar-refractivity contribution in [1.29, 1.82) is 0 Å². The minimum atomic E-state index is -0.564. The van der Waals surface area contributed by atoms with Crippen LogP contribution in [0.5, 0.6) is 0 Å². The van der Waals surface area contributed by atoms with Gasteiger partial charge in [0.05, 0.1) is 17.2 Å². The Morgan fingerprint density at radius 3 is 2.94 bits per heavy atom. The van der Waals surface area contributed by atoms with Crippen LogP contribution in [0.3, 0.4) is 0 Å². The normalized spacial score (nSPS) is 10.3. The summed E-state index contributed by atoms with van der Waals surface area (Å²) in [5, 5.41) is 13.4. The summed E-state index contributed by atoms with van der Waals surface area (Å²) in [5.74, 6) is 0.177. The van der Waals surface area contributed by atoms with Crippen LogP contribution in [-0.4, -0.2) is 14.5 Å². The Morgan fingerprint density at radius 1 is 1.56 bits per heavy atom. The van der Waals surface area contributed by atoms with Crippen molar-refractivity contribution in [2.24, 2.45) is 7.05 Å². The predicted octanol–water partition coefficient (Wildman–Crippen LogP) is 2.08. The van der Waals surface area contributed by atoms with Gasteiger partial charge in [-0.2, -0.15) is 0 Å². The first-order chi connectivity index (χ1) is 8.58. The molecule has 1 heterocycles. The average molecular weight is 250 g/mol. The van der Waals surface area contributed by atoms with Crippen LogP contribution in [0.25, 0.3) is 0 Å². The van der Waals surface area contributed by atoms with Crippen molar-refractivity contribution < 1.29 is 9.31 Å². The number of rotatable bonds is 4. The molecule has 0 fully saturated rings. The molecule has 0 spiro atoms. The highest BCUT2D eigenvalue weighted by molar-refractivity contribution is 5.52. The molecule has 2 rings (SSSR count). The van der Waals surface area contributed by atoms with Crippen molar-refractivity contribution >= 4 is 11.4 Å². The molecule has 1 aromatic heterocycles. The van der Waals surface area contributed by atoms with Crippen LogP contribution < -0.4 is 5.32 Å². The number of non-ortho nitro benzene ring substituents is 1. The number of benzene rings is 1. The van der Waals surface area contributed by atoms with Gasteiger partial charge >= 0.3 is 0 Å². The zero-order valence-electron chi connectivity index (χ0n) is 9.63. The van der Waals surface area contributed by atoms with Gasteiger partial charge in [0.25, 0.3) is 5.69 Å². The Balaban J connectivity index is 2.16. The Labute approximate surface area is 102 Å². The van der Waals surface area contributed by atoms with Gasteiger partial charge in [-0.3, -0.25) is 10.1 Å². The van der Waals surface area contributed by atoms with Crippen LogP contribution in [0.4, 0.5) is 15.8 Å². The van der Waals surface area contributed by atoms with Gasteiger partial charge in [0.2, 0.25) is 0 Å². The number of aryl methyl sites for hydroxylation is 1. The molecule has 0 unspecified atom stereocenters. The first-order valence-corrected chi connectivity index (χ1v) is 5.22. The highest BCUT2D eigenvalue weighted by Gasteiger charge is 2.11. The standard InChI is InChI=1S/C11H11FN4O2/c1-15-5-4-13-11(15)7-14-10-6-8(16(17)18)2-3-9(10)12/h2-6,14H,7H2,1H3. The van der Waals surface area contributed by atoms with Gasteiger partial charge in [0.1, 0.15) is 11.6 Å². The molecule has 1 N–H and O–H groups in total. The molecule has 6 nitrogen and oxygen atoms in total. The van der Waals surface area contributed by atoms with Crippen LogP contribution in [0.1, 0.15) is 5.82 Å². The number of nitrogens with zero attached hydrogens (tertiary/aromatic N) is 3. The number of hydrogen-bond acceptors (Lipinski definition) is 4. The molecule has 0 amide bonds. The lowest BCUT2D eigenvalue weighted by atomic mass is 10.2. The lowest BCUT2D eigenvalue weighted by molar-refractivity contribution is -0.384. The number of nitro groups is 1. The van der Waals surface area contributed by atoms with Crippen LogP contribution in [0, 0.1) is 15.9 Å². The maximum atomic E-state index is 13.4. The van der Waals surface area contributed by atoms with Gasteiger partial charge < -0.3 is 9.88 Å². The lowest BCUT2D eigenvalue weighted by Gasteiger charge is -2.07. The van der Waals surface area contributed by atoms with E-state index in [1.54, 1.807) is 17.0 Å². The Kier molecular flexibility index (Phi) is 3.22. The second-order valence-corrected chi connectivity index (χ2v) is 3.73. The fraction of sp³-hybridized carbons (Fsp3) is 0.182. The summed E-state index contributed by atoms with van der Waals surface area (Å²) in [4.78, 5) is 14.1. The first kappa shape index (κ1) is 12.0. The Morgan fingerprint density at radius 2 is 2.33 bits per heavy atom. The quantitative estimate of drug-likeness (QED) is 0.666. The van der Waals surface area contributed by atoms with E-state index in [9.17, 15) is 14.5 Å². The molecule has 0 saturated carbocycles. The van der Waals surface area contributed by atoms with Gasteiger partial charge in [0, 0.05) is 31.6 Å². The number of anilines is 1. The summed E-state index contributed by atoms with van der Waals surface area (Å²) in [7, 11) is 1.81. The van der Waals surface area contributed by atoms with Crippen molar-refractivity contribution in [3.8, 4) is 0 Å². The van der Waals surface area contributed by atoms with E-state index in [0.717, 1.165) is 18.2 Å². The second-order valence-electron chi connectivity index (χ2n) is 3.73. The molecule has 2 aromatic rings. The van der Waals surface area contributed by atoms with Crippen molar-refractivity contribution in [1.82, 2.24) is 9.55 Å². The van der Waals surface area contributed by atoms with Crippen molar-refractivity contribution in [3.63, 3.8) is 0 Å². The zero-order valence-corrected chi connectivity index (χ0v) is 9.63. The fourth-order valence-electron chi connectivity index (χ4n) is 1.50. The molecule has 0 aliphatic rings. The van der Waals surface area contributed by atoms with Crippen molar-refractivity contribution in [3.05, 3.63) is 52.3 Å². The highest BCUT2D eigenvalue weighted by Crippen LogP contribution is 2.21. The molecule has 0 saturated heterocycles. The van der Waals surface area contributed by atoms with Gasteiger partial charge in [-0.15, -0.1) is 0 Å². The molecule has 18 heavy (non-hydrogen) atoms. The fourth-order valence-corrected chi connectivity index (χ4v) is 1.50. The van der Waals surface area contributed by atoms with Gasteiger partial charge in [0.15, 0.2) is 0 Å². The molecular weight excluding hydrogens is 239 g/mol. The van der Waals surface area contributed by atoms with Crippen LogP contribution in [0.2, 0.25) is 0 Å². The van der Waals surface area contributed by atoms with Crippen LogP contribution in [0.15, 0.2) is 30.6 Å². The molecule has 0 atom stereocenters. The number of nitro benzene ring substituents is 1. The van der Waals surface area contributed by atoms with E-state index >= 15 is 0 Å². The van der Waals surface area contributed by atoms with E-state index in [0.29, 0.717) is 12.4 Å². The number of imidazole rings is 1. The van der Waals surface area contributed by atoms with Crippen LogP contribution >= 0.6 is 0 Å². The Bertz CT molecular complexity index is 582. The van der Waals surface area contributed by atoms with E-state index < -0.39 is 10.7 Å². The summed E-state index contributed by atoms with van der Waals surface area (Å²) < 4.78 is 15.2. The summed E-state index contributed by atoms with van der Waals surface area (Å²) in [6, 6.07) is 3.36. The summed E-state index contributed by atoms with van der Waals surface area (Å²) in [6.45, 7) is 0.293. The maximum absolute atomic E-state index is 13.4. The third kappa shape index (κ3) is 2.45. The van der Waals surface area contributed by atoms with E-state index in [1.807, 2.05) is 7.05 Å². The third-order valence-electron chi connectivity index (χ3n) is 2.52. The van der Waals surface area contributed by atoms with E-state index in [1.165, 1.54) is 0 Å². The van der Waals surface area contributed by atoms with Gasteiger partial charge in [-0.25, -0.2) is 9.37 Å². The topological polar surface area (TPSA) is 73.0 Å². The predicted molar refractivity (Wildman–Crippen MR) is 63.6 cm³/mol. The van der Waals surface area contributed by atoms with Crippen LogP contribution in [-0.2, 0) is 13.6 Å². The SMILES string of the molecule is Cn1ccnc1CNc1cc([N+](=O)[O-])ccc1F. The summed E-state index contributed by atoms with van der Waals surface area (Å²) >= 11 is 0. The number of nitrogens with one attached hydrogen (secondary N) is 1. The van der Waals surface area contributed by atoms with Gasteiger partial charge in [-0.1, -0.05) is 0 Å². The number of halogens is 1. The van der Waals surface area contributed by atoms with E-state index in [-0.39, 0.29) is 11.4 Å². The zero-order chi connectivity index (χ0) is 13.1. The lowest BCUT2D eigenvalue weighted by Crippen LogP contribution is -2.07. The average Bonchev–Trinajstić information content (AvgIpc) is 2.73. The smallest absolute Gasteiger partial charge is 0.271 e. The summed E-state index contributed by atoms with van der Waals surface area (Å²) in [6.07, 6.45) is 3.39. The monoisotopic (exact) mass is 250 g/mol. The first-order valence-electron chi connectivity index (χ1n) is 5.22. The molecule has 94 valence electrons. The Hall–Kier alpha value is -2.44. The van der Waals surface area contributed by atoms with Crippen molar-refractivity contribution in [2.75, 3.05) is 5.32 Å². The van der Waals surface area contributed by atoms with Crippen molar-refractivity contribution in [2.45, 2.75) is 6.54 Å². The largest absolute Gasteiger partial charge is 0.375 e. The number of aromatic nitrogens is 2. The van der Waals surface area contributed by atoms with Gasteiger partial charge in [-0.05, 0) is 6.07 Å². The number of hydrogen-bond donors (Lipinski definition) is 1. The second kappa shape index (κ2) is 4.82. The molecule has 0 radical (unpaired) electrons. The molecular formula is C11H11FN4O2. The highest BCUT2D eigenvalue weighted by atomic mass is 19.1. The molecule has 7 heteroatoms. The van der Waals surface area contributed by atoms with E-state index in [4.69, 9.17) is 0 Å². The third-order valence-corrected chi connectivity index (χ3v) is 2.52. The minimum Gasteiger partial charge on any atom is -0.375 e.